The van der Waals surface area contributed by atoms with E-state index < -0.39 is 11.9 Å². The number of hydrogen-bond acceptors (Lipinski definition) is 2. The Morgan fingerprint density at radius 1 is 1.05 bits per heavy atom. The van der Waals surface area contributed by atoms with Gasteiger partial charge in [0, 0.05) is 0 Å². The number of carboxylic acids is 1. The molecule has 0 aliphatic heterocycles. The van der Waals surface area contributed by atoms with Gasteiger partial charge in [-0.15, -0.1) is 0 Å². The molecule has 0 atom stereocenters. The van der Waals surface area contributed by atoms with Gasteiger partial charge >= 0.3 is 5.97 Å². The number of rotatable bonds is 3. The Morgan fingerprint density at radius 2 is 1.74 bits per heavy atom. The Hall–Kier alpha value is -2.33. The molecular formula is C14H10ClNO3. The van der Waals surface area contributed by atoms with E-state index in [1.165, 1.54) is 12.1 Å². The number of halogens is 1. The van der Waals surface area contributed by atoms with Gasteiger partial charge in [0.05, 0.1) is 16.1 Å². The molecule has 2 aromatic rings. The molecule has 0 aromatic heterocycles. The van der Waals surface area contributed by atoms with Crippen LogP contribution in [-0.4, -0.2) is 17.0 Å². The van der Waals surface area contributed by atoms with Crippen LogP contribution in [-0.2, 0) is 0 Å². The number of carbonyl (C=O) groups is 2. The van der Waals surface area contributed by atoms with Crippen molar-refractivity contribution in [1.82, 2.24) is 0 Å². The molecule has 0 unspecified atom stereocenters. The molecule has 2 aromatic carbocycles. The molecule has 0 heterocycles. The molecule has 0 saturated carbocycles. The quantitative estimate of drug-likeness (QED) is 0.904. The molecule has 0 saturated heterocycles. The maximum Gasteiger partial charge on any atom is 0.335 e. The van der Waals surface area contributed by atoms with Gasteiger partial charge in [0.25, 0.3) is 0 Å². The van der Waals surface area contributed by atoms with Crippen molar-refractivity contribution in [3.8, 4) is 11.1 Å². The monoisotopic (exact) mass is 275 g/mol. The first kappa shape index (κ1) is 13.1. The highest BCUT2D eigenvalue weighted by Gasteiger charge is 2.10. The predicted molar refractivity (Wildman–Crippen MR) is 72.4 cm³/mol. The average molecular weight is 276 g/mol. The van der Waals surface area contributed by atoms with Crippen LogP contribution in [0.5, 0.6) is 0 Å². The summed E-state index contributed by atoms with van der Waals surface area (Å²) in [7, 11) is 0. The lowest BCUT2D eigenvalue weighted by Gasteiger charge is -2.06. The Morgan fingerprint density at radius 3 is 2.37 bits per heavy atom. The third-order valence-electron chi connectivity index (χ3n) is 2.67. The van der Waals surface area contributed by atoms with E-state index in [2.05, 4.69) is 0 Å². The molecule has 19 heavy (non-hydrogen) atoms. The largest absolute Gasteiger partial charge is 0.478 e. The summed E-state index contributed by atoms with van der Waals surface area (Å²) in [5, 5.41) is 9.22. The van der Waals surface area contributed by atoms with E-state index in [1.807, 2.05) is 0 Å². The molecule has 4 nitrogen and oxygen atoms in total. The summed E-state index contributed by atoms with van der Waals surface area (Å²) < 4.78 is 0. The molecule has 1 amide bonds. The molecular weight excluding hydrogens is 266 g/mol. The molecule has 2 rings (SSSR count). The normalized spacial score (nSPS) is 10.2. The summed E-state index contributed by atoms with van der Waals surface area (Å²) >= 11 is 5.87. The first-order valence-corrected chi connectivity index (χ1v) is 5.80. The van der Waals surface area contributed by atoms with Crippen molar-refractivity contribution >= 4 is 23.5 Å². The predicted octanol–water partition coefficient (Wildman–Crippen LogP) is 2.80. The summed E-state index contributed by atoms with van der Waals surface area (Å²) in [6.07, 6.45) is 0. The van der Waals surface area contributed by atoms with Gasteiger partial charge in [-0.1, -0.05) is 29.8 Å². The van der Waals surface area contributed by atoms with Crippen LogP contribution in [0, 0.1) is 0 Å². The number of benzene rings is 2. The summed E-state index contributed by atoms with van der Waals surface area (Å²) in [4.78, 5) is 22.1. The lowest BCUT2D eigenvalue weighted by molar-refractivity contribution is 0.0696. The zero-order chi connectivity index (χ0) is 14.0. The number of aromatic carboxylic acids is 1. The van der Waals surface area contributed by atoms with Crippen molar-refractivity contribution in [2.45, 2.75) is 0 Å². The highest BCUT2D eigenvalue weighted by Crippen LogP contribution is 2.25. The second-order valence-corrected chi connectivity index (χ2v) is 4.35. The Kier molecular flexibility index (Phi) is 3.53. The maximum atomic E-state index is 11.2. The number of primary amides is 1. The van der Waals surface area contributed by atoms with Crippen LogP contribution in [0.1, 0.15) is 20.7 Å². The smallest absolute Gasteiger partial charge is 0.335 e. The zero-order valence-corrected chi connectivity index (χ0v) is 10.5. The minimum absolute atomic E-state index is 0.174. The van der Waals surface area contributed by atoms with Gasteiger partial charge in [-0.3, -0.25) is 4.79 Å². The molecule has 0 bridgehead atoms. The topological polar surface area (TPSA) is 80.4 Å². The van der Waals surface area contributed by atoms with Gasteiger partial charge in [0.2, 0.25) is 5.91 Å². The van der Waals surface area contributed by atoms with E-state index in [1.54, 1.807) is 30.3 Å². The van der Waals surface area contributed by atoms with E-state index in [0.717, 1.165) is 0 Å². The average Bonchev–Trinajstić information content (AvgIpc) is 2.39. The molecule has 5 heteroatoms. The first-order chi connectivity index (χ1) is 8.99. The van der Waals surface area contributed by atoms with Crippen LogP contribution in [0.2, 0.25) is 5.02 Å². The molecule has 0 radical (unpaired) electrons. The minimum Gasteiger partial charge on any atom is -0.478 e. The van der Waals surface area contributed by atoms with Gasteiger partial charge in [0.15, 0.2) is 0 Å². The second kappa shape index (κ2) is 5.12. The van der Waals surface area contributed by atoms with Gasteiger partial charge in [0.1, 0.15) is 0 Å². The fourth-order valence-corrected chi connectivity index (χ4v) is 1.94. The van der Waals surface area contributed by atoms with Crippen molar-refractivity contribution in [2.24, 2.45) is 5.73 Å². The fourth-order valence-electron chi connectivity index (χ4n) is 1.73. The molecule has 0 fully saturated rings. The van der Waals surface area contributed by atoms with E-state index >= 15 is 0 Å². The Balaban J connectivity index is 2.53. The van der Waals surface area contributed by atoms with Crippen LogP contribution in [0.15, 0.2) is 42.5 Å². The van der Waals surface area contributed by atoms with E-state index in [0.29, 0.717) is 11.1 Å². The summed E-state index contributed by atoms with van der Waals surface area (Å²) in [6.45, 7) is 0. The first-order valence-electron chi connectivity index (χ1n) is 5.42. The summed E-state index contributed by atoms with van der Waals surface area (Å²) in [6, 6.07) is 11.2. The Labute approximate surface area is 114 Å². The van der Waals surface area contributed by atoms with Gasteiger partial charge < -0.3 is 10.8 Å². The fraction of sp³-hybridized carbons (Fsp3) is 0. The van der Waals surface area contributed by atoms with Crippen LogP contribution >= 0.6 is 11.6 Å². The highest BCUT2D eigenvalue weighted by molar-refractivity contribution is 6.33. The minimum atomic E-state index is -1.01. The van der Waals surface area contributed by atoms with Crippen LogP contribution in [0.4, 0.5) is 0 Å². The molecule has 3 N–H and O–H groups in total. The van der Waals surface area contributed by atoms with Crippen molar-refractivity contribution in [3.05, 3.63) is 58.6 Å². The molecule has 96 valence electrons. The van der Waals surface area contributed by atoms with Crippen molar-refractivity contribution in [1.29, 1.82) is 0 Å². The van der Waals surface area contributed by atoms with E-state index in [9.17, 15) is 9.59 Å². The van der Waals surface area contributed by atoms with Crippen molar-refractivity contribution < 1.29 is 14.7 Å². The van der Waals surface area contributed by atoms with Gasteiger partial charge in [-0.2, -0.15) is 0 Å². The molecule has 0 aliphatic rings. The lowest BCUT2D eigenvalue weighted by Crippen LogP contribution is -2.11. The molecule has 0 spiro atoms. The number of amides is 1. The number of carboxylic acid groups (broad SMARTS) is 1. The van der Waals surface area contributed by atoms with Crippen molar-refractivity contribution in [3.63, 3.8) is 0 Å². The number of hydrogen-bond donors (Lipinski definition) is 2. The lowest BCUT2D eigenvalue weighted by atomic mass is 10.0. The Bertz CT molecular complexity index is 667. The molecule has 0 aliphatic carbocycles. The van der Waals surface area contributed by atoms with Crippen LogP contribution in [0.3, 0.4) is 0 Å². The van der Waals surface area contributed by atoms with Crippen molar-refractivity contribution in [2.75, 3.05) is 0 Å². The van der Waals surface area contributed by atoms with E-state index in [-0.39, 0.29) is 16.1 Å². The van der Waals surface area contributed by atoms with Gasteiger partial charge in [-0.25, -0.2) is 4.79 Å². The number of nitrogens with two attached hydrogens (primary N) is 1. The zero-order valence-electron chi connectivity index (χ0n) is 9.76. The number of carbonyl (C=O) groups excluding carboxylic acids is 1. The highest BCUT2D eigenvalue weighted by atomic mass is 35.5. The standard InChI is InChI=1S/C14H10ClNO3/c15-12-5-4-9(7-11(12)13(16)17)8-2-1-3-10(6-8)14(18)19/h1-7H,(H2,16,17)(H,18,19). The summed E-state index contributed by atoms with van der Waals surface area (Å²) in [5.41, 5.74) is 6.97. The van der Waals surface area contributed by atoms with E-state index in [4.69, 9.17) is 22.4 Å². The van der Waals surface area contributed by atoms with Gasteiger partial charge in [-0.05, 0) is 35.4 Å². The SMILES string of the molecule is NC(=O)c1cc(-c2cccc(C(=O)O)c2)ccc1Cl. The second-order valence-electron chi connectivity index (χ2n) is 3.94. The third kappa shape index (κ3) is 2.74. The summed E-state index contributed by atoms with van der Waals surface area (Å²) in [5.74, 6) is -1.63. The van der Waals surface area contributed by atoms with Crippen LogP contribution in [0.25, 0.3) is 11.1 Å². The maximum absolute atomic E-state index is 11.2. The third-order valence-corrected chi connectivity index (χ3v) is 3.00. The van der Waals surface area contributed by atoms with Crippen LogP contribution < -0.4 is 5.73 Å².